The van der Waals surface area contributed by atoms with Gasteiger partial charge in [-0.15, -0.1) is 0 Å². The van der Waals surface area contributed by atoms with Gasteiger partial charge in [0.25, 0.3) is 0 Å². The fraction of sp³-hybridized carbons (Fsp3) is 0.280. The topological polar surface area (TPSA) is 166 Å². The molecule has 0 radical (unpaired) electrons. The third-order valence-electron chi connectivity index (χ3n) is 10.6. The van der Waals surface area contributed by atoms with E-state index in [1.807, 2.05) is 104 Å². The molecule has 0 unspecified atom stereocenters. The molecule has 12 nitrogen and oxygen atoms in total. The molecule has 4 aromatic heterocycles. The zero-order chi connectivity index (χ0) is 47.6. The number of aromatic amines is 4. The number of fused-ring (bicyclic) bond motifs is 2. The second-order valence-corrected chi connectivity index (χ2v) is 19.5. The van der Waals surface area contributed by atoms with Gasteiger partial charge < -0.3 is 40.0 Å². The van der Waals surface area contributed by atoms with Gasteiger partial charge in [0.2, 0.25) is 0 Å². The second kappa shape index (κ2) is 18.7. The Morgan fingerprint density at radius 1 is 0.576 bits per heavy atom. The molecule has 6 N–H and O–H groups in total. The van der Waals surface area contributed by atoms with Gasteiger partial charge in [-0.2, -0.15) is 0 Å². The Balaban J connectivity index is 0.000000196. The maximum Gasteiger partial charge on any atom is 0.408 e. The number of carbonyl (C=O) groups excluding carboxylic acids is 2. The van der Waals surface area contributed by atoms with Crippen molar-refractivity contribution in [2.24, 2.45) is 0 Å². The average Bonchev–Trinajstić information content (AvgIpc) is 4.05. The van der Waals surface area contributed by atoms with Crippen LogP contribution in [0.25, 0.3) is 44.3 Å². The van der Waals surface area contributed by atoms with E-state index in [0.29, 0.717) is 45.9 Å². The predicted octanol–water partition coefficient (Wildman–Crippen LogP) is 12.7. The minimum absolute atomic E-state index is 0.311. The van der Waals surface area contributed by atoms with Crippen LogP contribution in [0.3, 0.4) is 0 Å². The monoisotopic (exact) mass is 936 g/mol. The Labute approximate surface area is 391 Å². The van der Waals surface area contributed by atoms with Crippen LogP contribution in [0.1, 0.15) is 78.2 Å². The number of hydrogen-bond donors (Lipinski definition) is 6. The molecule has 0 spiro atoms. The van der Waals surface area contributed by atoms with Crippen molar-refractivity contribution in [1.29, 1.82) is 0 Å². The van der Waals surface area contributed by atoms with Crippen molar-refractivity contribution in [3.05, 3.63) is 154 Å². The van der Waals surface area contributed by atoms with Crippen LogP contribution in [-0.2, 0) is 33.4 Å². The van der Waals surface area contributed by atoms with Crippen LogP contribution in [0, 0.1) is 11.6 Å². The number of alkyl carbamates (subject to hydrolysis) is 2. The predicted molar refractivity (Wildman–Crippen MR) is 255 cm³/mol. The van der Waals surface area contributed by atoms with Gasteiger partial charge in [0.1, 0.15) is 45.6 Å². The zero-order valence-electron chi connectivity index (χ0n) is 37.8. The molecule has 0 aliphatic rings. The average molecular weight is 938 g/mol. The normalized spacial score (nSPS) is 13.6. The third-order valence-corrected chi connectivity index (χ3v) is 11.1. The van der Waals surface area contributed by atoms with Crippen molar-refractivity contribution in [2.45, 2.75) is 90.5 Å². The van der Waals surface area contributed by atoms with Crippen molar-refractivity contribution in [2.75, 3.05) is 0 Å². The molecule has 0 bridgehead atoms. The Morgan fingerprint density at radius 2 is 0.939 bits per heavy atom. The third kappa shape index (κ3) is 11.6. The Morgan fingerprint density at radius 3 is 1.29 bits per heavy atom. The van der Waals surface area contributed by atoms with Crippen molar-refractivity contribution in [3.63, 3.8) is 0 Å². The van der Waals surface area contributed by atoms with E-state index in [1.165, 1.54) is 24.3 Å². The van der Waals surface area contributed by atoms with Crippen LogP contribution in [0.15, 0.2) is 110 Å². The quantitative estimate of drug-likeness (QED) is 0.0799. The number of amides is 2. The van der Waals surface area contributed by atoms with Gasteiger partial charge in [0, 0.05) is 57.1 Å². The Kier molecular flexibility index (Phi) is 13.4. The first kappa shape index (κ1) is 47.3. The van der Waals surface area contributed by atoms with E-state index < -0.39 is 34.5 Å². The molecule has 66 heavy (non-hydrogen) atoms. The van der Waals surface area contributed by atoms with Crippen LogP contribution >= 0.6 is 23.2 Å². The number of hydrogen-bond acceptors (Lipinski definition) is 6. The first-order valence-electron chi connectivity index (χ1n) is 21.2. The largest absolute Gasteiger partial charge is 0.444 e. The van der Waals surface area contributed by atoms with Gasteiger partial charge in [-0.1, -0.05) is 35.3 Å². The number of halogens is 4. The SMILES string of the molecule is CC(C)(C)OC(=O)N[C@@](C)(Cc1c[nH]c2cc(Cl)ccc12)c1ncc(-c2ccc(F)cc2)[nH]1.CC(C)(C)OC(=O)N[C@](C)(Cc1c[nH]c2cc(Cl)ccc12)c1ncc(-c2ccc(F)cc2)[nH]1. The highest BCUT2D eigenvalue weighted by atomic mass is 35.5. The van der Waals surface area contributed by atoms with Crippen molar-refractivity contribution >= 4 is 57.2 Å². The lowest BCUT2D eigenvalue weighted by atomic mass is 9.91. The summed E-state index contributed by atoms with van der Waals surface area (Å²) in [4.78, 5) is 47.7. The lowest BCUT2D eigenvalue weighted by Gasteiger charge is -2.30. The summed E-state index contributed by atoms with van der Waals surface area (Å²) >= 11 is 12.3. The fourth-order valence-electron chi connectivity index (χ4n) is 7.56. The second-order valence-electron chi connectivity index (χ2n) is 18.6. The van der Waals surface area contributed by atoms with E-state index in [0.717, 1.165) is 44.1 Å². The minimum Gasteiger partial charge on any atom is -0.444 e. The molecule has 0 aliphatic carbocycles. The van der Waals surface area contributed by atoms with Crippen molar-refractivity contribution in [3.8, 4) is 22.5 Å². The molecular formula is C50H52Cl2F2N8O4. The fourth-order valence-corrected chi connectivity index (χ4v) is 7.90. The minimum atomic E-state index is -0.921. The zero-order valence-corrected chi connectivity index (χ0v) is 39.4. The van der Waals surface area contributed by atoms with E-state index in [1.54, 1.807) is 36.7 Å². The number of H-pyrrole nitrogens is 4. The maximum atomic E-state index is 13.3. The van der Waals surface area contributed by atoms with Gasteiger partial charge >= 0.3 is 12.2 Å². The van der Waals surface area contributed by atoms with Gasteiger partial charge in [-0.05, 0) is 150 Å². The lowest BCUT2D eigenvalue weighted by Crippen LogP contribution is -2.48. The number of carbonyl (C=O) groups is 2. The highest BCUT2D eigenvalue weighted by Gasteiger charge is 2.36. The molecule has 2 amide bonds. The highest BCUT2D eigenvalue weighted by molar-refractivity contribution is 6.31. The molecule has 4 heterocycles. The summed E-state index contributed by atoms with van der Waals surface area (Å²) in [5.74, 6) is 0.482. The summed E-state index contributed by atoms with van der Waals surface area (Å²) in [6.07, 6.45) is 6.92. The van der Waals surface area contributed by atoms with Crippen LogP contribution in [0.5, 0.6) is 0 Å². The summed E-state index contributed by atoms with van der Waals surface area (Å²) in [5, 5.41) is 9.28. The number of imidazole rings is 2. The van der Waals surface area contributed by atoms with E-state index in [9.17, 15) is 18.4 Å². The van der Waals surface area contributed by atoms with Crippen LogP contribution in [0.2, 0.25) is 10.0 Å². The molecule has 8 aromatic rings. The molecule has 16 heteroatoms. The number of ether oxygens (including phenoxy) is 2. The highest BCUT2D eigenvalue weighted by Crippen LogP contribution is 2.33. The molecule has 0 saturated carbocycles. The summed E-state index contributed by atoms with van der Waals surface area (Å²) < 4.78 is 37.7. The summed E-state index contributed by atoms with van der Waals surface area (Å²) in [7, 11) is 0. The maximum absolute atomic E-state index is 13.3. The van der Waals surface area contributed by atoms with Crippen LogP contribution in [0.4, 0.5) is 18.4 Å². The van der Waals surface area contributed by atoms with Gasteiger partial charge in [-0.25, -0.2) is 28.3 Å². The molecular weight excluding hydrogens is 886 g/mol. The molecule has 0 saturated heterocycles. The Hall–Kier alpha value is -6.64. The summed E-state index contributed by atoms with van der Waals surface area (Å²) in [6, 6.07) is 23.6. The first-order valence-corrected chi connectivity index (χ1v) is 22.0. The van der Waals surface area contributed by atoms with Gasteiger partial charge in [-0.3, -0.25) is 0 Å². The summed E-state index contributed by atoms with van der Waals surface area (Å²) in [5.41, 5.74) is 3.65. The lowest BCUT2D eigenvalue weighted by molar-refractivity contribution is 0.0444. The van der Waals surface area contributed by atoms with E-state index in [4.69, 9.17) is 32.7 Å². The number of nitrogens with zero attached hydrogens (tertiary/aromatic N) is 2. The summed E-state index contributed by atoms with van der Waals surface area (Å²) in [6.45, 7) is 14.6. The van der Waals surface area contributed by atoms with Crippen LogP contribution < -0.4 is 10.6 Å². The van der Waals surface area contributed by atoms with Crippen LogP contribution in [-0.4, -0.2) is 53.3 Å². The molecule has 0 aliphatic heterocycles. The first-order chi connectivity index (χ1) is 31.0. The smallest absolute Gasteiger partial charge is 0.408 e. The molecule has 4 aromatic carbocycles. The van der Waals surface area contributed by atoms with E-state index in [2.05, 4.69) is 40.5 Å². The van der Waals surface area contributed by atoms with E-state index in [-0.39, 0.29) is 11.6 Å². The van der Waals surface area contributed by atoms with E-state index >= 15 is 0 Å². The van der Waals surface area contributed by atoms with Crippen molar-refractivity contribution in [1.82, 2.24) is 40.5 Å². The number of aromatic nitrogens is 6. The number of benzene rings is 4. The number of rotatable bonds is 10. The molecule has 2 atom stereocenters. The molecule has 8 rings (SSSR count). The van der Waals surface area contributed by atoms with Gasteiger partial charge in [0.05, 0.1) is 23.8 Å². The Bertz CT molecular complexity index is 2780. The number of nitrogens with one attached hydrogen (secondary N) is 6. The van der Waals surface area contributed by atoms with Crippen molar-refractivity contribution < 1.29 is 27.8 Å². The van der Waals surface area contributed by atoms with Gasteiger partial charge in [0.15, 0.2) is 0 Å². The molecule has 0 fully saturated rings. The molecule has 344 valence electrons. The standard InChI is InChI=1S/2C25H26ClFN4O2/c2*1-24(2,3)33-23(32)31-25(4,12-16-13-28-20-11-17(26)7-10-19(16)20)22-29-14-21(30-22)15-5-8-18(27)9-6-15/h2*5-11,13-14,28H,12H2,1-4H3,(H,29,30)(H,31,32)/t2*25-/m10/s1.